The van der Waals surface area contributed by atoms with Crippen LogP contribution in [0.25, 0.3) is 0 Å². The number of carbonyl (C=O) groups is 1. The van der Waals surface area contributed by atoms with Crippen molar-refractivity contribution in [1.29, 1.82) is 0 Å². The fourth-order valence-electron chi connectivity index (χ4n) is 8.28. The number of aryl methyl sites for hydroxylation is 1. The first-order valence-electron chi connectivity index (χ1n) is 17.1. The maximum atomic E-state index is 13.5. The van der Waals surface area contributed by atoms with E-state index < -0.39 is 11.0 Å². The first-order valence-corrected chi connectivity index (χ1v) is 18.6. The number of ether oxygens (including phenoxy) is 1. The van der Waals surface area contributed by atoms with Crippen molar-refractivity contribution < 1.29 is 18.8 Å². The Hall–Kier alpha value is -3.01. The average molecular weight is 679 g/mol. The van der Waals surface area contributed by atoms with Gasteiger partial charge >= 0.3 is 0 Å². The third-order valence-corrected chi connectivity index (χ3v) is 12.9. The van der Waals surface area contributed by atoms with Crippen molar-refractivity contribution >= 4 is 34.2 Å². The first-order chi connectivity index (χ1) is 22.8. The standard InChI is InChI=1S/C36H43ClN4O3S.CH4O/c1-23-6-3-8-30(34-38-16-5-17-39-34)29-12-9-27(29)20-41-21-36(15-4-7-25-18-28(37)11-13-31(25)36)22-44-33-14-10-26(19-32(33)41)35(42)40-45(43)24(23)2;1-2/h5,10-11,13-14,16-19,23-24,27,29-30H,3-4,6-9,12,15,20-22H2,1-2H3,(H,40,42);2H,1H3/t23?,24?,27?,29?,30?,36-,45?;/m0./s1. The molecule has 4 aliphatic rings. The average Bonchev–Trinajstić information content (AvgIpc) is 3.23. The van der Waals surface area contributed by atoms with Crippen LogP contribution < -0.4 is 14.4 Å². The van der Waals surface area contributed by atoms with E-state index in [4.69, 9.17) is 31.4 Å². The molecule has 2 N–H and O–H groups in total. The van der Waals surface area contributed by atoms with Gasteiger partial charge in [0, 0.05) is 54.5 Å². The predicted molar refractivity (Wildman–Crippen MR) is 187 cm³/mol. The molecule has 47 heavy (non-hydrogen) atoms. The summed E-state index contributed by atoms with van der Waals surface area (Å²) < 4.78 is 22.8. The van der Waals surface area contributed by atoms with Crippen LogP contribution in [0.5, 0.6) is 5.75 Å². The van der Waals surface area contributed by atoms with E-state index in [-0.39, 0.29) is 28.4 Å². The number of carbonyl (C=O) groups excluding carboxylic acids is 1. The predicted octanol–water partition coefficient (Wildman–Crippen LogP) is 6.62. The van der Waals surface area contributed by atoms with E-state index in [0.29, 0.717) is 24.0 Å². The molecule has 1 saturated carbocycles. The number of rotatable bonds is 1. The second-order valence-corrected chi connectivity index (χ2v) is 15.8. The summed E-state index contributed by atoms with van der Waals surface area (Å²) in [5.74, 6) is 2.88. The number of aromatic nitrogens is 2. The number of aliphatic hydroxyl groups excluding tert-OH is 1. The molecule has 252 valence electrons. The van der Waals surface area contributed by atoms with E-state index in [0.717, 1.165) is 93.8 Å². The molecule has 0 saturated heterocycles. The quantitative estimate of drug-likeness (QED) is 0.298. The topological polar surface area (TPSA) is 105 Å². The summed E-state index contributed by atoms with van der Waals surface area (Å²) in [7, 11) is -0.495. The fourth-order valence-corrected chi connectivity index (χ4v) is 9.51. The van der Waals surface area contributed by atoms with Crippen molar-refractivity contribution in [3.05, 3.63) is 82.4 Å². The van der Waals surface area contributed by atoms with Crippen molar-refractivity contribution in [2.24, 2.45) is 17.8 Å². The molecular formula is C37H47ClN4O4S. The summed E-state index contributed by atoms with van der Waals surface area (Å²) in [6, 6.07) is 13.9. The van der Waals surface area contributed by atoms with Crippen LogP contribution in [0.2, 0.25) is 5.02 Å². The maximum absolute atomic E-state index is 13.5. The Morgan fingerprint density at radius 2 is 1.85 bits per heavy atom. The number of aliphatic hydroxyl groups is 1. The third kappa shape index (κ3) is 6.94. The van der Waals surface area contributed by atoms with Crippen LogP contribution in [-0.4, -0.2) is 57.2 Å². The van der Waals surface area contributed by atoms with Crippen molar-refractivity contribution in [2.75, 3.05) is 31.7 Å². The summed E-state index contributed by atoms with van der Waals surface area (Å²) in [5, 5.41) is 7.61. The van der Waals surface area contributed by atoms with Gasteiger partial charge in [-0.25, -0.2) is 14.2 Å². The number of benzene rings is 2. The van der Waals surface area contributed by atoms with E-state index >= 15 is 0 Å². The molecule has 2 aliphatic carbocycles. The van der Waals surface area contributed by atoms with Gasteiger partial charge in [-0.05, 0) is 117 Å². The molecule has 1 amide bonds. The molecule has 1 fully saturated rings. The van der Waals surface area contributed by atoms with E-state index in [1.165, 1.54) is 11.1 Å². The molecule has 8 nitrogen and oxygen atoms in total. The van der Waals surface area contributed by atoms with E-state index in [9.17, 15) is 9.00 Å². The second-order valence-electron chi connectivity index (χ2n) is 13.8. The highest BCUT2D eigenvalue weighted by atomic mass is 35.5. The van der Waals surface area contributed by atoms with Crippen molar-refractivity contribution in [3.8, 4) is 5.75 Å². The maximum Gasteiger partial charge on any atom is 0.263 e. The number of hydrogen-bond donors (Lipinski definition) is 2. The lowest BCUT2D eigenvalue weighted by Gasteiger charge is -2.46. The Kier molecular flexibility index (Phi) is 10.5. The molecule has 2 aliphatic heterocycles. The molecule has 0 radical (unpaired) electrons. The highest BCUT2D eigenvalue weighted by molar-refractivity contribution is 7.84. The van der Waals surface area contributed by atoms with Crippen LogP contribution in [0.1, 0.15) is 92.0 Å². The van der Waals surface area contributed by atoms with Crippen LogP contribution >= 0.6 is 11.6 Å². The first kappa shape index (κ1) is 33.9. The van der Waals surface area contributed by atoms with E-state index in [2.05, 4.69) is 28.7 Å². The highest BCUT2D eigenvalue weighted by Crippen LogP contribution is 2.49. The summed E-state index contributed by atoms with van der Waals surface area (Å²) >= 11 is 6.46. The smallest absolute Gasteiger partial charge is 0.263 e. The largest absolute Gasteiger partial charge is 0.490 e. The summed E-state index contributed by atoms with van der Waals surface area (Å²) in [6.45, 7) is 6.37. The molecule has 10 heteroatoms. The Bertz CT molecular complexity index is 1590. The van der Waals surface area contributed by atoms with Crippen LogP contribution in [0.3, 0.4) is 0 Å². The van der Waals surface area contributed by atoms with Gasteiger partial charge in [-0.2, -0.15) is 0 Å². The Morgan fingerprint density at radius 3 is 2.62 bits per heavy atom. The second kappa shape index (κ2) is 14.6. The van der Waals surface area contributed by atoms with Gasteiger partial charge in [-0.3, -0.25) is 9.52 Å². The van der Waals surface area contributed by atoms with Gasteiger partial charge in [0.25, 0.3) is 5.91 Å². The number of fused-ring (bicyclic) bond motifs is 4. The molecule has 1 aromatic heterocycles. The number of anilines is 1. The van der Waals surface area contributed by atoms with Gasteiger partial charge < -0.3 is 14.7 Å². The third-order valence-electron chi connectivity index (χ3n) is 11.2. The Labute approximate surface area is 286 Å². The Balaban J connectivity index is 0.00000190. The van der Waals surface area contributed by atoms with E-state index in [1.54, 1.807) is 0 Å². The molecule has 2 aromatic carbocycles. The van der Waals surface area contributed by atoms with Crippen LogP contribution in [0.4, 0.5) is 5.69 Å². The molecule has 2 bridgehead atoms. The van der Waals surface area contributed by atoms with Gasteiger partial charge in [0.15, 0.2) is 0 Å². The normalized spacial score (nSPS) is 30.7. The minimum absolute atomic E-state index is 0.162. The minimum Gasteiger partial charge on any atom is -0.490 e. The molecule has 6 unspecified atom stereocenters. The van der Waals surface area contributed by atoms with Crippen molar-refractivity contribution in [1.82, 2.24) is 14.7 Å². The molecule has 7 rings (SSSR count). The SMILES string of the molecule is CC1CCCC(c2ncccn2)C2CCC2CN2C[C@@]3(CCCc4cc(Cl)ccc43)COc3ccc(cc32)C(=O)NS(=O)C1C.CO. The lowest BCUT2D eigenvalue weighted by molar-refractivity contribution is 0.0982. The lowest BCUT2D eigenvalue weighted by atomic mass is 9.64. The van der Waals surface area contributed by atoms with Crippen molar-refractivity contribution in [2.45, 2.75) is 81.8 Å². The van der Waals surface area contributed by atoms with Crippen LogP contribution in [0, 0.1) is 17.8 Å². The molecule has 7 atom stereocenters. The zero-order chi connectivity index (χ0) is 33.1. The summed E-state index contributed by atoms with van der Waals surface area (Å²) in [6.07, 6.45) is 12.1. The summed E-state index contributed by atoms with van der Waals surface area (Å²) in [5.41, 5.74) is 3.91. The van der Waals surface area contributed by atoms with Gasteiger partial charge in [0.1, 0.15) is 22.6 Å². The van der Waals surface area contributed by atoms with Crippen LogP contribution in [-0.2, 0) is 22.8 Å². The number of hydrogen-bond acceptors (Lipinski definition) is 7. The molecular weight excluding hydrogens is 632 g/mol. The summed E-state index contributed by atoms with van der Waals surface area (Å²) in [4.78, 5) is 25.5. The molecule has 1 spiro atoms. The Morgan fingerprint density at radius 1 is 1.04 bits per heavy atom. The van der Waals surface area contributed by atoms with Gasteiger partial charge in [-0.1, -0.05) is 31.0 Å². The van der Waals surface area contributed by atoms with Gasteiger partial charge in [-0.15, -0.1) is 0 Å². The monoisotopic (exact) mass is 678 g/mol. The number of halogens is 1. The van der Waals surface area contributed by atoms with Gasteiger partial charge in [0.05, 0.1) is 17.5 Å². The van der Waals surface area contributed by atoms with Gasteiger partial charge in [0.2, 0.25) is 0 Å². The number of nitrogens with zero attached hydrogens (tertiary/aromatic N) is 3. The zero-order valence-electron chi connectivity index (χ0n) is 27.7. The zero-order valence-corrected chi connectivity index (χ0v) is 29.2. The molecule has 3 aromatic rings. The number of amides is 1. The lowest BCUT2D eigenvalue weighted by Crippen LogP contribution is -2.49. The van der Waals surface area contributed by atoms with Crippen molar-refractivity contribution in [3.63, 3.8) is 0 Å². The minimum atomic E-state index is -1.49. The molecule has 3 heterocycles. The fraction of sp³-hybridized carbons (Fsp3) is 0.541. The van der Waals surface area contributed by atoms with Crippen LogP contribution in [0.15, 0.2) is 54.9 Å². The number of nitrogens with one attached hydrogen (secondary N) is 1. The van der Waals surface area contributed by atoms with E-state index in [1.807, 2.05) is 49.6 Å². The highest BCUT2D eigenvalue weighted by Gasteiger charge is 2.45.